The Labute approximate surface area is 221 Å². The first-order valence-electron chi connectivity index (χ1n) is 12.9. The van der Waals surface area contributed by atoms with Crippen molar-refractivity contribution in [2.24, 2.45) is 0 Å². The zero-order chi connectivity index (χ0) is 24.9. The summed E-state index contributed by atoms with van der Waals surface area (Å²) in [5, 5.41) is 1.33. The molecule has 3 aromatic rings. The number of amides is 2. The zero-order valence-electron chi connectivity index (χ0n) is 20.7. The first-order chi connectivity index (χ1) is 17.6. The van der Waals surface area contributed by atoms with Crippen molar-refractivity contribution < 1.29 is 9.59 Å². The Morgan fingerprint density at radius 3 is 2.22 bits per heavy atom. The van der Waals surface area contributed by atoms with Gasteiger partial charge in [0.1, 0.15) is 0 Å². The number of nitrogens with one attached hydrogen (secondary N) is 1. The minimum Gasteiger partial charge on any atom is -0.361 e. The number of aromatic amines is 1. The molecular formula is C28H34BrN5O2. The number of fused-ring (bicyclic) bond motifs is 1. The van der Waals surface area contributed by atoms with Crippen LogP contribution in [-0.4, -0.2) is 102 Å². The zero-order valence-corrected chi connectivity index (χ0v) is 22.3. The van der Waals surface area contributed by atoms with Crippen molar-refractivity contribution in [1.29, 1.82) is 0 Å². The maximum Gasteiger partial charge on any atom is 0.253 e. The van der Waals surface area contributed by atoms with Gasteiger partial charge in [-0.15, -0.1) is 0 Å². The number of H-pyrrole nitrogens is 1. The van der Waals surface area contributed by atoms with Crippen LogP contribution in [0.5, 0.6) is 0 Å². The Morgan fingerprint density at radius 1 is 0.806 bits per heavy atom. The van der Waals surface area contributed by atoms with E-state index in [1.54, 1.807) is 0 Å². The van der Waals surface area contributed by atoms with Gasteiger partial charge in [0.25, 0.3) is 5.91 Å². The average Bonchev–Trinajstić information content (AvgIpc) is 3.32. The third kappa shape index (κ3) is 5.99. The highest BCUT2D eigenvalue weighted by atomic mass is 79.9. The van der Waals surface area contributed by atoms with Gasteiger partial charge in [0, 0.05) is 79.5 Å². The smallest absolute Gasteiger partial charge is 0.253 e. The molecule has 7 nitrogen and oxygen atoms in total. The van der Waals surface area contributed by atoms with Gasteiger partial charge in [0.2, 0.25) is 5.91 Å². The molecule has 2 saturated heterocycles. The Kier molecular flexibility index (Phi) is 8.04. The van der Waals surface area contributed by atoms with E-state index >= 15 is 0 Å². The van der Waals surface area contributed by atoms with Crippen LogP contribution in [0.4, 0.5) is 0 Å². The van der Waals surface area contributed by atoms with Crippen LogP contribution in [0.25, 0.3) is 10.9 Å². The quantitative estimate of drug-likeness (QED) is 0.488. The van der Waals surface area contributed by atoms with E-state index in [-0.39, 0.29) is 11.8 Å². The van der Waals surface area contributed by atoms with E-state index in [4.69, 9.17) is 0 Å². The predicted molar refractivity (Wildman–Crippen MR) is 146 cm³/mol. The second-order valence-electron chi connectivity index (χ2n) is 9.76. The van der Waals surface area contributed by atoms with Crippen molar-refractivity contribution in [2.75, 3.05) is 65.4 Å². The summed E-state index contributed by atoms with van der Waals surface area (Å²) in [6.45, 7) is 7.78. The highest BCUT2D eigenvalue weighted by Gasteiger charge is 2.26. The minimum absolute atomic E-state index is 0.0642. The molecule has 2 amide bonds. The van der Waals surface area contributed by atoms with Crippen LogP contribution in [0.3, 0.4) is 0 Å². The van der Waals surface area contributed by atoms with Gasteiger partial charge in [-0.2, -0.15) is 0 Å². The third-order valence-corrected chi connectivity index (χ3v) is 7.96. The standard InChI is InChI=1S/C28H34BrN5O2/c29-24-9-7-22(8-10-24)28(36)34-18-14-32(15-19-34)21-27(35)33-16-12-31(13-17-33)11-3-4-23-20-30-26-6-2-1-5-25(23)26/h1-2,5-10,20,30H,3-4,11-19,21H2. The molecule has 0 radical (unpaired) electrons. The largest absolute Gasteiger partial charge is 0.361 e. The fourth-order valence-electron chi connectivity index (χ4n) is 5.23. The van der Waals surface area contributed by atoms with Crippen molar-refractivity contribution in [2.45, 2.75) is 12.8 Å². The SMILES string of the molecule is O=C(CN1CCN(C(=O)c2ccc(Br)cc2)CC1)N1CCN(CCCc2c[nH]c3ccccc23)CC1. The summed E-state index contributed by atoms with van der Waals surface area (Å²) in [4.78, 5) is 37.6. The highest BCUT2D eigenvalue weighted by molar-refractivity contribution is 9.10. The summed E-state index contributed by atoms with van der Waals surface area (Å²) < 4.78 is 0.966. The normalized spacial score (nSPS) is 17.6. The number of aryl methyl sites for hydroxylation is 1. The van der Waals surface area contributed by atoms with Gasteiger partial charge in [-0.05, 0) is 55.3 Å². The number of halogens is 1. The first kappa shape index (κ1) is 25.0. The van der Waals surface area contributed by atoms with Gasteiger partial charge >= 0.3 is 0 Å². The molecule has 3 heterocycles. The van der Waals surface area contributed by atoms with Gasteiger partial charge in [0.15, 0.2) is 0 Å². The van der Waals surface area contributed by atoms with Crippen molar-refractivity contribution >= 4 is 38.6 Å². The Balaban J connectivity index is 1.00. The van der Waals surface area contributed by atoms with Gasteiger partial charge in [-0.25, -0.2) is 0 Å². The van der Waals surface area contributed by atoms with Crippen LogP contribution in [-0.2, 0) is 11.2 Å². The molecule has 190 valence electrons. The number of para-hydroxylation sites is 1. The summed E-state index contributed by atoms with van der Waals surface area (Å²) in [6, 6.07) is 16.0. The second kappa shape index (κ2) is 11.6. The van der Waals surface area contributed by atoms with Crippen LogP contribution in [0.15, 0.2) is 59.2 Å². The highest BCUT2D eigenvalue weighted by Crippen LogP contribution is 2.19. The Hall–Kier alpha value is -2.68. The third-order valence-electron chi connectivity index (χ3n) is 7.43. The topological polar surface area (TPSA) is 62.9 Å². The van der Waals surface area contributed by atoms with Crippen LogP contribution in [0.2, 0.25) is 0 Å². The van der Waals surface area contributed by atoms with Gasteiger partial charge in [0.05, 0.1) is 6.54 Å². The number of aromatic nitrogens is 1. The summed E-state index contributed by atoms with van der Waals surface area (Å²) in [6.07, 6.45) is 4.33. The number of carbonyl (C=O) groups excluding carboxylic acids is 2. The lowest BCUT2D eigenvalue weighted by Gasteiger charge is -2.38. The second-order valence-corrected chi connectivity index (χ2v) is 10.7. The number of piperazine rings is 2. The molecule has 0 spiro atoms. The lowest BCUT2D eigenvalue weighted by molar-refractivity contribution is -0.134. The Bertz CT molecular complexity index is 1180. The predicted octanol–water partition coefficient (Wildman–Crippen LogP) is 3.47. The summed E-state index contributed by atoms with van der Waals surface area (Å²) >= 11 is 3.41. The molecule has 1 aromatic heterocycles. The fourth-order valence-corrected chi connectivity index (χ4v) is 5.49. The first-order valence-corrected chi connectivity index (χ1v) is 13.7. The lowest BCUT2D eigenvalue weighted by Crippen LogP contribution is -2.54. The number of rotatable bonds is 7. The molecule has 2 aliphatic heterocycles. The van der Waals surface area contributed by atoms with Crippen LogP contribution >= 0.6 is 15.9 Å². The molecule has 0 atom stereocenters. The molecule has 0 bridgehead atoms. The van der Waals surface area contributed by atoms with E-state index in [0.717, 1.165) is 63.1 Å². The molecule has 1 N–H and O–H groups in total. The van der Waals surface area contributed by atoms with E-state index < -0.39 is 0 Å². The monoisotopic (exact) mass is 551 g/mol. The van der Waals surface area contributed by atoms with Gasteiger partial charge in [-0.3, -0.25) is 19.4 Å². The fraction of sp³-hybridized carbons (Fsp3) is 0.429. The molecule has 2 fully saturated rings. The van der Waals surface area contributed by atoms with E-state index in [2.05, 4.69) is 61.2 Å². The maximum absolute atomic E-state index is 12.9. The molecule has 36 heavy (non-hydrogen) atoms. The number of carbonyl (C=O) groups is 2. The number of hydrogen-bond donors (Lipinski definition) is 1. The molecule has 5 rings (SSSR count). The van der Waals surface area contributed by atoms with E-state index in [9.17, 15) is 9.59 Å². The molecule has 2 aromatic carbocycles. The van der Waals surface area contributed by atoms with Crippen LogP contribution in [0, 0.1) is 0 Å². The van der Waals surface area contributed by atoms with Crippen LogP contribution in [0.1, 0.15) is 22.3 Å². The van der Waals surface area contributed by atoms with Gasteiger partial charge < -0.3 is 14.8 Å². The van der Waals surface area contributed by atoms with Crippen molar-refractivity contribution in [1.82, 2.24) is 24.6 Å². The van der Waals surface area contributed by atoms with Crippen molar-refractivity contribution in [3.8, 4) is 0 Å². The molecule has 2 aliphatic rings. The molecular weight excluding hydrogens is 518 g/mol. The van der Waals surface area contributed by atoms with E-state index in [1.807, 2.05) is 34.1 Å². The van der Waals surface area contributed by atoms with Crippen molar-refractivity contribution in [3.05, 3.63) is 70.3 Å². The summed E-state index contributed by atoms with van der Waals surface area (Å²) in [5.74, 6) is 0.274. The number of nitrogens with zero attached hydrogens (tertiary/aromatic N) is 4. The molecule has 0 aliphatic carbocycles. The van der Waals surface area contributed by atoms with E-state index in [0.29, 0.717) is 25.2 Å². The lowest BCUT2D eigenvalue weighted by atomic mass is 10.1. The number of hydrogen-bond acceptors (Lipinski definition) is 4. The summed E-state index contributed by atoms with van der Waals surface area (Å²) in [5.41, 5.74) is 3.30. The van der Waals surface area contributed by atoms with Crippen molar-refractivity contribution in [3.63, 3.8) is 0 Å². The average molecular weight is 553 g/mol. The molecule has 8 heteroatoms. The van der Waals surface area contributed by atoms with Gasteiger partial charge in [-0.1, -0.05) is 34.1 Å². The molecule has 0 unspecified atom stereocenters. The van der Waals surface area contributed by atoms with Crippen LogP contribution < -0.4 is 0 Å². The number of benzene rings is 2. The Morgan fingerprint density at radius 2 is 1.47 bits per heavy atom. The maximum atomic E-state index is 12.9. The molecule has 0 saturated carbocycles. The minimum atomic E-state index is 0.0642. The summed E-state index contributed by atoms with van der Waals surface area (Å²) in [7, 11) is 0. The van der Waals surface area contributed by atoms with E-state index in [1.165, 1.54) is 16.5 Å².